The van der Waals surface area contributed by atoms with E-state index in [4.69, 9.17) is 0 Å². The third-order valence-electron chi connectivity index (χ3n) is 4.56. The van der Waals surface area contributed by atoms with Gasteiger partial charge in [0.2, 0.25) is 0 Å². The smallest absolute Gasteiger partial charge is 0.262 e. The van der Waals surface area contributed by atoms with Crippen LogP contribution in [-0.2, 0) is 0 Å². The van der Waals surface area contributed by atoms with Crippen LogP contribution in [0.2, 0.25) is 0 Å². The van der Waals surface area contributed by atoms with Crippen molar-refractivity contribution in [3.8, 4) is 0 Å². The first-order valence-electron chi connectivity index (χ1n) is 9.04. The monoisotopic (exact) mass is 364 g/mol. The summed E-state index contributed by atoms with van der Waals surface area (Å²) in [5, 5.41) is 2.06. The number of rotatable bonds is 5. The molecule has 0 amide bonds. The SMILES string of the molecule is O=C(/C=C(\C(=O)c1ccccc1)[n+]1ccc2ccccc2c1)c1ccccc1. The largest absolute Gasteiger partial charge is 0.289 e. The Morgan fingerprint density at radius 3 is 1.89 bits per heavy atom. The Labute approximate surface area is 163 Å². The van der Waals surface area contributed by atoms with Gasteiger partial charge in [-0.3, -0.25) is 9.59 Å². The molecule has 0 fully saturated rings. The molecule has 0 aliphatic carbocycles. The second-order valence-electron chi connectivity index (χ2n) is 6.44. The number of carbonyl (C=O) groups excluding carboxylic acids is 2. The van der Waals surface area contributed by atoms with Crippen LogP contribution in [0.5, 0.6) is 0 Å². The maximum atomic E-state index is 13.2. The summed E-state index contributed by atoms with van der Waals surface area (Å²) >= 11 is 0. The fourth-order valence-electron chi connectivity index (χ4n) is 3.09. The number of aromatic nitrogens is 1. The lowest BCUT2D eigenvalue weighted by atomic mass is 10.0. The molecule has 3 aromatic carbocycles. The van der Waals surface area contributed by atoms with Crippen LogP contribution in [0, 0.1) is 0 Å². The van der Waals surface area contributed by atoms with E-state index < -0.39 is 0 Å². The second-order valence-corrected chi connectivity index (χ2v) is 6.44. The van der Waals surface area contributed by atoms with Gasteiger partial charge in [0.15, 0.2) is 18.2 Å². The minimum Gasteiger partial charge on any atom is -0.289 e. The van der Waals surface area contributed by atoms with Gasteiger partial charge in [0.1, 0.15) is 0 Å². The van der Waals surface area contributed by atoms with Gasteiger partial charge in [0.05, 0.1) is 6.08 Å². The van der Waals surface area contributed by atoms with E-state index >= 15 is 0 Å². The number of ketones is 2. The van der Waals surface area contributed by atoms with Crippen molar-refractivity contribution in [2.45, 2.75) is 0 Å². The Morgan fingerprint density at radius 1 is 0.643 bits per heavy atom. The van der Waals surface area contributed by atoms with Gasteiger partial charge in [-0.05, 0) is 11.5 Å². The summed E-state index contributed by atoms with van der Waals surface area (Å²) in [6.07, 6.45) is 5.10. The summed E-state index contributed by atoms with van der Waals surface area (Å²) in [6, 6.07) is 27.8. The third-order valence-corrected chi connectivity index (χ3v) is 4.56. The number of benzene rings is 3. The zero-order valence-corrected chi connectivity index (χ0v) is 15.2. The molecule has 3 nitrogen and oxygen atoms in total. The molecule has 0 spiro atoms. The fourth-order valence-corrected chi connectivity index (χ4v) is 3.09. The molecule has 134 valence electrons. The highest BCUT2D eigenvalue weighted by atomic mass is 16.1. The van der Waals surface area contributed by atoms with Gasteiger partial charge in [0.25, 0.3) is 11.5 Å². The number of pyridine rings is 1. The number of Topliss-reactive ketones (excluding diaryl/α,β-unsaturated/α-hetero) is 1. The Hall–Kier alpha value is -3.85. The van der Waals surface area contributed by atoms with E-state index in [1.54, 1.807) is 28.8 Å². The van der Waals surface area contributed by atoms with E-state index in [1.807, 2.05) is 79.1 Å². The molecule has 0 atom stereocenters. The molecule has 4 rings (SSSR count). The second kappa shape index (κ2) is 7.80. The number of hydrogen-bond donors (Lipinski definition) is 0. The molecule has 0 aliphatic heterocycles. The Bertz CT molecular complexity index is 1180. The predicted octanol–water partition coefficient (Wildman–Crippen LogP) is 4.73. The first-order chi connectivity index (χ1) is 13.7. The van der Waals surface area contributed by atoms with Crippen LogP contribution < -0.4 is 4.57 Å². The van der Waals surface area contributed by atoms with Crippen molar-refractivity contribution in [2.75, 3.05) is 0 Å². The first kappa shape index (κ1) is 17.6. The van der Waals surface area contributed by atoms with Gasteiger partial charge in [-0.1, -0.05) is 78.9 Å². The lowest BCUT2D eigenvalue weighted by molar-refractivity contribution is -0.575. The molecular formula is C25H18NO2+. The summed E-state index contributed by atoms with van der Waals surface area (Å²) in [5.74, 6) is -0.411. The van der Waals surface area contributed by atoms with Crippen molar-refractivity contribution in [2.24, 2.45) is 0 Å². The molecule has 1 heterocycles. The third kappa shape index (κ3) is 3.64. The van der Waals surface area contributed by atoms with Gasteiger partial charge in [-0.15, -0.1) is 0 Å². The highest BCUT2D eigenvalue weighted by Crippen LogP contribution is 2.14. The van der Waals surface area contributed by atoms with Crippen LogP contribution in [0.1, 0.15) is 20.7 Å². The summed E-state index contributed by atoms with van der Waals surface area (Å²) in [5.41, 5.74) is 1.39. The topological polar surface area (TPSA) is 38.0 Å². The van der Waals surface area contributed by atoms with Gasteiger partial charge in [-0.2, -0.15) is 4.57 Å². The van der Waals surface area contributed by atoms with Crippen LogP contribution in [0.25, 0.3) is 16.5 Å². The van der Waals surface area contributed by atoms with Crippen molar-refractivity contribution >= 4 is 28.0 Å². The molecule has 1 aromatic heterocycles. The minimum absolute atomic E-state index is 0.204. The highest BCUT2D eigenvalue weighted by molar-refractivity contribution is 6.26. The lowest BCUT2D eigenvalue weighted by Crippen LogP contribution is -2.36. The molecular weight excluding hydrogens is 346 g/mol. The van der Waals surface area contributed by atoms with Crippen molar-refractivity contribution in [3.63, 3.8) is 0 Å². The maximum Gasteiger partial charge on any atom is 0.262 e. The average molecular weight is 364 g/mol. The quantitative estimate of drug-likeness (QED) is 0.292. The molecule has 0 N–H and O–H groups in total. The van der Waals surface area contributed by atoms with Gasteiger partial charge in [0, 0.05) is 22.6 Å². The number of hydrogen-bond acceptors (Lipinski definition) is 2. The predicted molar refractivity (Wildman–Crippen MR) is 110 cm³/mol. The van der Waals surface area contributed by atoms with E-state index in [0.717, 1.165) is 10.8 Å². The molecule has 0 aliphatic rings. The van der Waals surface area contributed by atoms with Crippen molar-refractivity contribution in [3.05, 3.63) is 121 Å². The van der Waals surface area contributed by atoms with E-state index in [2.05, 4.69) is 0 Å². The molecule has 28 heavy (non-hydrogen) atoms. The zero-order chi connectivity index (χ0) is 19.3. The number of carbonyl (C=O) groups is 2. The van der Waals surface area contributed by atoms with Crippen molar-refractivity contribution in [1.82, 2.24) is 0 Å². The highest BCUT2D eigenvalue weighted by Gasteiger charge is 2.24. The van der Waals surface area contributed by atoms with E-state index in [9.17, 15) is 9.59 Å². The molecule has 0 radical (unpaired) electrons. The van der Waals surface area contributed by atoms with Crippen molar-refractivity contribution in [1.29, 1.82) is 0 Å². The molecule has 3 heteroatoms. The zero-order valence-electron chi connectivity index (χ0n) is 15.2. The molecule has 0 unspecified atom stereocenters. The summed E-state index contributed by atoms with van der Waals surface area (Å²) in [7, 11) is 0. The van der Waals surface area contributed by atoms with E-state index in [1.165, 1.54) is 6.08 Å². The van der Waals surface area contributed by atoms with Crippen LogP contribution in [0.15, 0.2) is 109 Å². The minimum atomic E-state index is -0.208. The molecule has 0 saturated carbocycles. The van der Waals surface area contributed by atoms with E-state index in [0.29, 0.717) is 16.8 Å². The van der Waals surface area contributed by atoms with Crippen LogP contribution in [-0.4, -0.2) is 11.6 Å². The van der Waals surface area contributed by atoms with Gasteiger partial charge >= 0.3 is 0 Å². The summed E-state index contributed by atoms with van der Waals surface area (Å²) in [4.78, 5) is 26.0. The van der Waals surface area contributed by atoms with Crippen LogP contribution in [0.4, 0.5) is 0 Å². The van der Waals surface area contributed by atoms with Gasteiger partial charge in [-0.25, -0.2) is 0 Å². The number of fused-ring (bicyclic) bond motifs is 1. The maximum absolute atomic E-state index is 13.2. The Kier molecular flexibility index (Phi) is 4.89. The Morgan fingerprint density at radius 2 is 1.21 bits per heavy atom. The number of allylic oxidation sites excluding steroid dienone is 2. The Balaban J connectivity index is 1.84. The lowest BCUT2D eigenvalue weighted by Gasteiger charge is -2.04. The van der Waals surface area contributed by atoms with Crippen LogP contribution in [0.3, 0.4) is 0 Å². The van der Waals surface area contributed by atoms with E-state index in [-0.39, 0.29) is 11.6 Å². The summed E-state index contributed by atoms with van der Waals surface area (Å²) in [6.45, 7) is 0. The molecule has 4 aromatic rings. The van der Waals surface area contributed by atoms with Crippen molar-refractivity contribution < 1.29 is 14.2 Å². The molecule has 0 saturated heterocycles. The number of nitrogens with zero attached hydrogens (tertiary/aromatic N) is 1. The normalized spacial score (nSPS) is 11.4. The fraction of sp³-hybridized carbons (Fsp3) is 0. The standard InChI is InChI=1S/C25H18NO2/c27-24(20-10-3-1-4-11-20)17-23(25(28)21-12-5-2-6-13-21)26-16-15-19-9-7-8-14-22(19)18-26/h1-18H/q+1/b23-17+. The average Bonchev–Trinajstić information content (AvgIpc) is 2.77. The first-order valence-corrected chi connectivity index (χ1v) is 9.04. The molecule has 0 bridgehead atoms. The van der Waals surface area contributed by atoms with Crippen LogP contribution >= 0.6 is 0 Å². The van der Waals surface area contributed by atoms with Gasteiger partial charge < -0.3 is 0 Å². The summed E-state index contributed by atoms with van der Waals surface area (Å²) < 4.78 is 1.72.